The third-order valence-electron chi connectivity index (χ3n) is 5.51. The van der Waals surface area contributed by atoms with Crippen molar-refractivity contribution >= 4 is 34.2 Å². The number of carbonyl (C=O) groups excluding carboxylic acids is 2. The Morgan fingerprint density at radius 3 is 2.52 bits per heavy atom. The highest BCUT2D eigenvalue weighted by atomic mass is 16.4. The highest BCUT2D eigenvalue weighted by molar-refractivity contribution is 5.99. The Morgan fingerprint density at radius 1 is 1.00 bits per heavy atom. The molecule has 0 aliphatic carbocycles. The van der Waals surface area contributed by atoms with Crippen LogP contribution in [0.3, 0.4) is 0 Å². The summed E-state index contributed by atoms with van der Waals surface area (Å²) >= 11 is 0. The number of hydrogen-bond donors (Lipinski definition) is 4. The first-order chi connectivity index (χ1) is 15.8. The Kier molecular flexibility index (Phi) is 8.16. The van der Waals surface area contributed by atoms with Crippen LogP contribution < -0.4 is 16.2 Å². The second kappa shape index (κ2) is 11.2. The lowest BCUT2D eigenvalue weighted by Crippen LogP contribution is -2.34. The molecule has 2 amide bonds. The number of hydrazine groups is 1. The summed E-state index contributed by atoms with van der Waals surface area (Å²) < 4.78 is 0. The maximum absolute atomic E-state index is 13.2. The molecule has 3 aromatic carbocycles. The first-order valence-corrected chi connectivity index (χ1v) is 11.0. The van der Waals surface area contributed by atoms with Crippen molar-refractivity contribution in [3.05, 3.63) is 77.4 Å². The Labute approximate surface area is 193 Å². The van der Waals surface area contributed by atoms with Gasteiger partial charge in [-0.05, 0) is 53.3 Å². The molecule has 1 atom stereocenters. The standard InChI is InChI=1S/C26H29N3O4/c1-17(22-11-5-8-20-7-3-4-10-23(20)22)26(33)28-24-15-19(16-27-29-18(2)30)13-14-21(24)9-6-12-25(31)32/h3-5,7-8,10-11,13-15,17,27H,6,9,12,16H2,1-2H3,(H,28,33)(H,29,30)(H,31,32). The van der Waals surface area contributed by atoms with E-state index in [1.54, 1.807) is 0 Å². The third kappa shape index (κ3) is 6.63. The van der Waals surface area contributed by atoms with Crippen molar-refractivity contribution in [2.45, 2.75) is 45.6 Å². The molecule has 7 nitrogen and oxygen atoms in total. The fourth-order valence-corrected chi connectivity index (χ4v) is 3.78. The van der Waals surface area contributed by atoms with Gasteiger partial charge in [-0.1, -0.05) is 54.6 Å². The smallest absolute Gasteiger partial charge is 0.303 e. The van der Waals surface area contributed by atoms with Crippen molar-refractivity contribution in [3.8, 4) is 0 Å². The molecule has 3 rings (SSSR count). The number of benzene rings is 3. The Balaban J connectivity index is 1.82. The van der Waals surface area contributed by atoms with Gasteiger partial charge in [0.15, 0.2) is 0 Å². The summed E-state index contributed by atoms with van der Waals surface area (Å²) in [6, 6.07) is 19.6. The predicted molar refractivity (Wildman–Crippen MR) is 129 cm³/mol. The van der Waals surface area contributed by atoms with Gasteiger partial charge in [0.25, 0.3) is 0 Å². The zero-order valence-electron chi connectivity index (χ0n) is 18.9. The minimum atomic E-state index is -0.846. The van der Waals surface area contributed by atoms with Crippen LogP contribution in [-0.2, 0) is 27.3 Å². The largest absolute Gasteiger partial charge is 0.481 e. The monoisotopic (exact) mass is 447 g/mol. The molecule has 0 heterocycles. The second-order valence-electron chi connectivity index (χ2n) is 8.05. The van der Waals surface area contributed by atoms with Crippen molar-refractivity contribution in [1.82, 2.24) is 10.9 Å². The van der Waals surface area contributed by atoms with Gasteiger partial charge in [-0.3, -0.25) is 19.8 Å². The van der Waals surface area contributed by atoms with Crippen LogP contribution in [0, 0.1) is 0 Å². The van der Waals surface area contributed by atoms with E-state index in [0.717, 1.165) is 27.5 Å². The van der Waals surface area contributed by atoms with Gasteiger partial charge in [0.1, 0.15) is 0 Å². The molecular formula is C26H29N3O4. The van der Waals surface area contributed by atoms with E-state index in [0.29, 0.717) is 25.1 Å². The van der Waals surface area contributed by atoms with E-state index >= 15 is 0 Å². The first kappa shape index (κ1) is 23.9. The molecular weight excluding hydrogens is 418 g/mol. The Bertz CT molecular complexity index is 1150. The van der Waals surface area contributed by atoms with Crippen LogP contribution in [0.4, 0.5) is 5.69 Å². The molecule has 4 N–H and O–H groups in total. The Hall–Kier alpha value is -3.71. The second-order valence-corrected chi connectivity index (χ2v) is 8.05. The number of carboxylic acid groups (broad SMARTS) is 1. The van der Waals surface area contributed by atoms with E-state index in [4.69, 9.17) is 5.11 Å². The van der Waals surface area contributed by atoms with Gasteiger partial charge in [-0.25, -0.2) is 5.43 Å². The fraction of sp³-hybridized carbons (Fsp3) is 0.269. The van der Waals surface area contributed by atoms with Gasteiger partial charge in [0, 0.05) is 25.6 Å². The topological polar surface area (TPSA) is 108 Å². The summed E-state index contributed by atoms with van der Waals surface area (Å²) in [5.74, 6) is -1.57. The molecule has 0 radical (unpaired) electrons. The quantitative estimate of drug-likeness (QED) is 0.350. The molecule has 0 spiro atoms. The van der Waals surface area contributed by atoms with Crippen molar-refractivity contribution in [2.24, 2.45) is 0 Å². The summed E-state index contributed by atoms with van der Waals surface area (Å²) in [4.78, 5) is 35.2. The molecule has 0 fully saturated rings. The summed E-state index contributed by atoms with van der Waals surface area (Å²) in [6.07, 6.45) is 1.07. The molecule has 0 aliphatic rings. The van der Waals surface area contributed by atoms with E-state index < -0.39 is 5.97 Å². The molecule has 0 aliphatic heterocycles. The molecule has 0 saturated carbocycles. The van der Waals surface area contributed by atoms with Crippen molar-refractivity contribution in [1.29, 1.82) is 0 Å². The van der Waals surface area contributed by atoms with Gasteiger partial charge in [0.05, 0.1) is 5.92 Å². The zero-order valence-corrected chi connectivity index (χ0v) is 18.9. The molecule has 7 heteroatoms. The van der Waals surface area contributed by atoms with Crippen molar-refractivity contribution in [3.63, 3.8) is 0 Å². The zero-order chi connectivity index (χ0) is 23.8. The number of aliphatic carboxylic acids is 1. The average Bonchev–Trinajstić information content (AvgIpc) is 2.79. The van der Waals surface area contributed by atoms with E-state index in [1.165, 1.54) is 6.92 Å². The van der Waals surface area contributed by atoms with Gasteiger partial charge in [-0.15, -0.1) is 0 Å². The van der Waals surface area contributed by atoms with Gasteiger partial charge >= 0.3 is 5.97 Å². The van der Waals surface area contributed by atoms with Crippen LogP contribution in [0.2, 0.25) is 0 Å². The number of rotatable bonds is 10. The van der Waals surface area contributed by atoms with Crippen LogP contribution in [0.15, 0.2) is 60.7 Å². The normalized spacial score (nSPS) is 11.7. The van der Waals surface area contributed by atoms with E-state index in [-0.39, 0.29) is 24.2 Å². The number of anilines is 1. The molecule has 0 aromatic heterocycles. The van der Waals surface area contributed by atoms with Gasteiger partial charge in [0.2, 0.25) is 11.8 Å². The molecule has 1 unspecified atom stereocenters. The van der Waals surface area contributed by atoms with Crippen LogP contribution in [-0.4, -0.2) is 22.9 Å². The van der Waals surface area contributed by atoms with E-state index in [9.17, 15) is 14.4 Å². The Morgan fingerprint density at radius 2 is 1.76 bits per heavy atom. The van der Waals surface area contributed by atoms with Crippen molar-refractivity contribution in [2.75, 3.05) is 5.32 Å². The summed E-state index contributed by atoms with van der Waals surface area (Å²) in [5.41, 5.74) is 8.71. The lowest BCUT2D eigenvalue weighted by atomic mass is 9.94. The van der Waals surface area contributed by atoms with Crippen LogP contribution in [0.5, 0.6) is 0 Å². The lowest BCUT2D eigenvalue weighted by molar-refractivity contribution is -0.137. The number of hydrogen-bond acceptors (Lipinski definition) is 4. The number of amides is 2. The number of nitrogens with one attached hydrogen (secondary N) is 3. The van der Waals surface area contributed by atoms with Crippen LogP contribution in [0.25, 0.3) is 10.8 Å². The number of fused-ring (bicyclic) bond motifs is 1. The molecule has 33 heavy (non-hydrogen) atoms. The van der Waals surface area contributed by atoms with E-state index in [2.05, 4.69) is 16.2 Å². The van der Waals surface area contributed by atoms with Crippen molar-refractivity contribution < 1.29 is 19.5 Å². The highest BCUT2D eigenvalue weighted by Crippen LogP contribution is 2.28. The molecule has 0 saturated heterocycles. The molecule has 172 valence electrons. The van der Waals surface area contributed by atoms with Crippen LogP contribution in [0.1, 0.15) is 49.3 Å². The summed E-state index contributed by atoms with van der Waals surface area (Å²) in [7, 11) is 0. The highest BCUT2D eigenvalue weighted by Gasteiger charge is 2.19. The molecule has 0 bridgehead atoms. The van der Waals surface area contributed by atoms with Gasteiger partial charge < -0.3 is 10.4 Å². The van der Waals surface area contributed by atoms with E-state index in [1.807, 2.05) is 67.6 Å². The maximum Gasteiger partial charge on any atom is 0.303 e. The van der Waals surface area contributed by atoms with Gasteiger partial charge in [-0.2, -0.15) is 0 Å². The predicted octanol–water partition coefficient (Wildman–Crippen LogP) is 4.13. The number of aryl methyl sites for hydroxylation is 1. The fourth-order valence-electron chi connectivity index (χ4n) is 3.78. The lowest BCUT2D eigenvalue weighted by Gasteiger charge is -2.18. The third-order valence-corrected chi connectivity index (χ3v) is 5.51. The maximum atomic E-state index is 13.2. The summed E-state index contributed by atoms with van der Waals surface area (Å²) in [6.45, 7) is 3.68. The van der Waals surface area contributed by atoms with Crippen LogP contribution >= 0.6 is 0 Å². The minimum absolute atomic E-state index is 0.0611. The number of carboxylic acids is 1. The molecule has 3 aromatic rings. The summed E-state index contributed by atoms with van der Waals surface area (Å²) in [5, 5.41) is 14.1. The minimum Gasteiger partial charge on any atom is -0.481 e. The number of carbonyl (C=O) groups is 3. The average molecular weight is 448 g/mol. The first-order valence-electron chi connectivity index (χ1n) is 11.0. The SMILES string of the molecule is CC(=O)NNCc1ccc(CCCC(=O)O)c(NC(=O)C(C)c2cccc3ccccc23)c1.